The van der Waals surface area contributed by atoms with Gasteiger partial charge in [-0.25, -0.2) is 0 Å². The monoisotopic (exact) mass is 244 g/mol. The largest absolute Gasteiger partial charge is 0.382 e. The number of ether oxygens (including phenoxy) is 2. The standard InChI is InChI=1S/C13H28N2O2/c1-4-13(2)12-15(7-5-6-14-13)8-9-17-11-10-16-3/h14H,4-12H2,1-3H3. The molecule has 1 rings (SSSR count). The van der Waals surface area contributed by atoms with E-state index in [0.717, 1.165) is 26.2 Å². The van der Waals surface area contributed by atoms with E-state index >= 15 is 0 Å². The third-order valence-electron chi connectivity index (χ3n) is 3.54. The second-order valence-electron chi connectivity index (χ2n) is 5.08. The van der Waals surface area contributed by atoms with Crippen molar-refractivity contribution in [2.75, 3.05) is 53.1 Å². The van der Waals surface area contributed by atoms with Crippen molar-refractivity contribution < 1.29 is 9.47 Å². The fourth-order valence-electron chi connectivity index (χ4n) is 2.19. The molecule has 1 fully saturated rings. The maximum absolute atomic E-state index is 5.53. The van der Waals surface area contributed by atoms with E-state index < -0.39 is 0 Å². The van der Waals surface area contributed by atoms with Crippen LogP contribution in [0, 0.1) is 0 Å². The minimum Gasteiger partial charge on any atom is -0.382 e. The van der Waals surface area contributed by atoms with E-state index in [1.165, 1.54) is 19.4 Å². The van der Waals surface area contributed by atoms with Crippen molar-refractivity contribution in [2.45, 2.75) is 32.2 Å². The fourth-order valence-corrected chi connectivity index (χ4v) is 2.19. The van der Waals surface area contributed by atoms with Crippen molar-refractivity contribution in [1.29, 1.82) is 0 Å². The van der Waals surface area contributed by atoms with Gasteiger partial charge in [0.15, 0.2) is 0 Å². The Kier molecular flexibility index (Phi) is 7.04. The van der Waals surface area contributed by atoms with Crippen molar-refractivity contribution in [3.05, 3.63) is 0 Å². The highest BCUT2D eigenvalue weighted by molar-refractivity contribution is 4.87. The number of nitrogens with zero attached hydrogens (tertiary/aromatic N) is 1. The number of hydrogen-bond acceptors (Lipinski definition) is 4. The van der Waals surface area contributed by atoms with Gasteiger partial charge in [-0.3, -0.25) is 4.90 Å². The zero-order valence-corrected chi connectivity index (χ0v) is 11.6. The Balaban J connectivity index is 2.22. The van der Waals surface area contributed by atoms with Gasteiger partial charge in [0.05, 0.1) is 19.8 Å². The van der Waals surface area contributed by atoms with E-state index in [-0.39, 0.29) is 5.54 Å². The van der Waals surface area contributed by atoms with E-state index in [1.807, 2.05) is 0 Å². The molecule has 0 bridgehead atoms. The first-order chi connectivity index (χ1) is 8.20. The van der Waals surface area contributed by atoms with Crippen LogP contribution in [0.5, 0.6) is 0 Å². The summed E-state index contributed by atoms with van der Waals surface area (Å²) in [5.74, 6) is 0. The molecule has 0 amide bonds. The molecule has 1 N–H and O–H groups in total. The topological polar surface area (TPSA) is 33.7 Å². The lowest BCUT2D eigenvalue weighted by Gasteiger charge is -2.32. The van der Waals surface area contributed by atoms with Gasteiger partial charge in [0.2, 0.25) is 0 Å². The molecule has 0 aliphatic carbocycles. The van der Waals surface area contributed by atoms with Gasteiger partial charge in [0, 0.05) is 25.7 Å². The summed E-state index contributed by atoms with van der Waals surface area (Å²) in [6.07, 6.45) is 2.40. The Labute approximate surface area is 106 Å². The molecule has 0 spiro atoms. The van der Waals surface area contributed by atoms with Gasteiger partial charge in [-0.2, -0.15) is 0 Å². The molecular weight excluding hydrogens is 216 g/mol. The molecule has 0 aromatic heterocycles. The molecular formula is C13H28N2O2. The van der Waals surface area contributed by atoms with Crippen molar-refractivity contribution in [3.63, 3.8) is 0 Å². The normalized spacial score (nSPS) is 27.0. The zero-order chi connectivity index (χ0) is 12.6. The maximum atomic E-state index is 5.53. The van der Waals surface area contributed by atoms with Gasteiger partial charge in [0.1, 0.15) is 0 Å². The van der Waals surface area contributed by atoms with E-state index in [2.05, 4.69) is 24.1 Å². The molecule has 1 saturated heterocycles. The second kappa shape index (κ2) is 8.03. The van der Waals surface area contributed by atoms with Crippen LogP contribution in [0.25, 0.3) is 0 Å². The molecule has 4 nitrogen and oxygen atoms in total. The maximum Gasteiger partial charge on any atom is 0.0700 e. The van der Waals surface area contributed by atoms with E-state index in [1.54, 1.807) is 7.11 Å². The second-order valence-corrected chi connectivity index (χ2v) is 5.08. The summed E-state index contributed by atoms with van der Waals surface area (Å²) in [6, 6.07) is 0. The summed E-state index contributed by atoms with van der Waals surface area (Å²) in [7, 11) is 1.70. The molecule has 102 valence electrons. The highest BCUT2D eigenvalue weighted by Gasteiger charge is 2.26. The summed E-state index contributed by atoms with van der Waals surface area (Å²) >= 11 is 0. The van der Waals surface area contributed by atoms with Gasteiger partial charge >= 0.3 is 0 Å². The van der Waals surface area contributed by atoms with Crippen molar-refractivity contribution >= 4 is 0 Å². The van der Waals surface area contributed by atoms with Gasteiger partial charge in [0.25, 0.3) is 0 Å². The SMILES string of the molecule is CCC1(C)CN(CCOCCOC)CCCN1. The predicted octanol–water partition coefficient (Wildman–Crippen LogP) is 1.11. The van der Waals surface area contributed by atoms with Crippen molar-refractivity contribution in [2.24, 2.45) is 0 Å². The molecule has 0 aromatic rings. The zero-order valence-electron chi connectivity index (χ0n) is 11.6. The molecule has 0 radical (unpaired) electrons. The predicted molar refractivity (Wildman–Crippen MR) is 70.5 cm³/mol. The highest BCUT2D eigenvalue weighted by atomic mass is 16.5. The van der Waals surface area contributed by atoms with Gasteiger partial charge in [-0.1, -0.05) is 6.92 Å². The molecule has 1 aliphatic rings. The average molecular weight is 244 g/mol. The van der Waals surface area contributed by atoms with Crippen molar-refractivity contribution in [3.8, 4) is 0 Å². The smallest absolute Gasteiger partial charge is 0.0700 e. The van der Waals surface area contributed by atoms with Crippen LogP contribution in [0.2, 0.25) is 0 Å². The van der Waals surface area contributed by atoms with Crippen LogP contribution in [-0.2, 0) is 9.47 Å². The van der Waals surface area contributed by atoms with Gasteiger partial charge in [-0.15, -0.1) is 0 Å². The Morgan fingerprint density at radius 2 is 2.12 bits per heavy atom. The molecule has 1 heterocycles. The first-order valence-electron chi connectivity index (χ1n) is 6.74. The van der Waals surface area contributed by atoms with Crippen LogP contribution in [-0.4, -0.2) is 63.5 Å². The summed E-state index contributed by atoms with van der Waals surface area (Å²) in [6.45, 7) is 11.2. The Bertz CT molecular complexity index is 202. The molecule has 17 heavy (non-hydrogen) atoms. The molecule has 0 aromatic carbocycles. The number of methoxy groups -OCH3 is 1. The Morgan fingerprint density at radius 1 is 1.29 bits per heavy atom. The molecule has 4 heteroatoms. The third-order valence-corrected chi connectivity index (χ3v) is 3.54. The summed E-state index contributed by atoms with van der Waals surface area (Å²) in [4.78, 5) is 2.51. The lowest BCUT2D eigenvalue weighted by Crippen LogP contribution is -2.49. The van der Waals surface area contributed by atoms with Crippen LogP contribution < -0.4 is 5.32 Å². The Morgan fingerprint density at radius 3 is 2.82 bits per heavy atom. The summed E-state index contributed by atoms with van der Waals surface area (Å²) < 4.78 is 10.5. The average Bonchev–Trinajstić information content (AvgIpc) is 2.52. The van der Waals surface area contributed by atoms with E-state index in [9.17, 15) is 0 Å². The minimum atomic E-state index is 0.267. The molecule has 1 unspecified atom stereocenters. The van der Waals surface area contributed by atoms with Crippen LogP contribution in [0.4, 0.5) is 0 Å². The number of nitrogens with one attached hydrogen (secondary N) is 1. The van der Waals surface area contributed by atoms with E-state index in [0.29, 0.717) is 13.2 Å². The summed E-state index contributed by atoms with van der Waals surface area (Å²) in [5.41, 5.74) is 0.267. The van der Waals surface area contributed by atoms with Crippen LogP contribution in [0.15, 0.2) is 0 Å². The molecule has 1 aliphatic heterocycles. The summed E-state index contributed by atoms with van der Waals surface area (Å²) in [5, 5.41) is 3.65. The number of hydrogen-bond donors (Lipinski definition) is 1. The fraction of sp³-hybridized carbons (Fsp3) is 1.00. The van der Waals surface area contributed by atoms with Crippen LogP contribution in [0.1, 0.15) is 26.7 Å². The van der Waals surface area contributed by atoms with Crippen LogP contribution in [0.3, 0.4) is 0 Å². The van der Waals surface area contributed by atoms with E-state index in [4.69, 9.17) is 9.47 Å². The van der Waals surface area contributed by atoms with Crippen LogP contribution >= 0.6 is 0 Å². The van der Waals surface area contributed by atoms with Gasteiger partial charge in [-0.05, 0) is 32.9 Å². The Hall–Kier alpha value is -0.160. The third kappa shape index (κ3) is 5.82. The quantitative estimate of drug-likeness (QED) is 0.680. The highest BCUT2D eigenvalue weighted by Crippen LogP contribution is 2.14. The first kappa shape index (κ1) is 14.9. The minimum absolute atomic E-state index is 0.267. The number of rotatable bonds is 7. The molecule has 0 saturated carbocycles. The lowest BCUT2D eigenvalue weighted by molar-refractivity contribution is 0.0545. The van der Waals surface area contributed by atoms with Gasteiger partial charge < -0.3 is 14.8 Å². The first-order valence-corrected chi connectivity index (χ1v) is 6.74. The lowest BCUT2D eigenvalue weighted by atomic mass is 9.99. The molecule has 1 atom stereocenters. The van der Waals surface area contributed by atoms with Crippen molar-refractivity contribution in [1.82, 2.24) is 10.2 Å².